The molecule has 9 nitrogen and oxygen atoms in total. The van der Waals surface area contributed by atoms with Crippen molar-refractivity contribution in [1.82, 2.24) is 5.43 Å². The number of nitrogens with zero attached hydrogens (tertiary/aromatic N) is 2. The summed E-state index contributed by atoms with van der Waals surface area (Å²) in [6, 6.07) is 9.66. The number of anilines is 1. The van der Waals surface area contributed by atoms with Gasteiger partial charge in [0.25, 0.3) is 5.91 Å². The van der Waals surface area contributed by atoms with Crippen LogP contribution in [-0.4, -0.2) is 52.2 Å². The first kappa shape index (κ1) is 23.5. The molecule has 0 spiro atoms. The van der Waals surface area contributed by atoms with Gasteiger partial charge in [0.15, 0.2) is 11.5 Å². The number of carbonyl (C=O) groups is 1. The average molecular weight is 500 g/mol. The van der Waals surface area contributed by atoms with Crippen molar-refractivity contribution in [3.63, 3.8) is 0 Å². The SMILES string of the molecule is CCOc1ccccc1N(CC(=O)N/N=C\c1cc(Br)c(O)c(OC)c1)S(C)(=O)=O. The van der Waals surface area contributed by atoms with E-state index in [1.807, 2.05) is 0 Å². The van der Waals surface area contributed by atoms with Crippen LogP contribution in [0.4, 0.5) is 5.69 Å². The van der Waals surface area contributed by atoms with E-state index in [0.29, 0.717) is 22.4 Å². The summed E-state index contributed by atoms with van der Waals surface area (Å²) >= 11 is 3.19. The molecule has 0 aliphatic rings. The molecule has 30 heavy (non-hydrogen) atoms. The zero-order valence-electron chi connectivity index (χ0n) is 16.6. The van der Waals surface area contributed by atoms with Gasteiger partial charge in [0.1, 0.15) is 12.3 Å². The van der Waals surface area contributed by atoms with Crippen LogP contribution in [0.3, 0.4) is 0 Å². The Morgan fingerprint density at radius 1 is 1.30 bits per heavy atom. The first-order valence-corrected chi connectivity index (χ1v) is 11.4. The average Bonchev–Trinajstić information content (AvgIpc) is 2.68. The largest absolute Gasteiger partial charge is 0.503 e. The number of benzene rings is 2. The molecule has 2 aromatic carbocycles. The molecule has 0 heterocycles. The van der Waals surface area contributed by atoms with Gasteiger partial charge in [-0.15, -0.1) is 0 Å². The highest BCUT2D eigenvalue weighted by molar-refractivity contribution is 9.10. The van der Waals surface area contributed by atoms with E-state index >= 15 is 0 Å². The van der Waals surface area contributed by atoms with Gasteiger partial charge >= 0.3 is 0 Å². The monoisotopic (exact) mass is 499 g/mol. The minimum absolute atomic E-state index is 0.0598. The second-order valence-electron chi connectivity index (χ2n) is 6.02. The molecule has 0 fully saturated rings. The summed E-state index contributed by atoms with van der Waals surface area (Å²) in [4.78, 5) is 12.3. The van der Waals surface area contributed by atoms with Gasteiger partial charge in [0.2, 0.25) is 10.0 Å². The van der Waals surface area contributed by atoms with Crippen molar-refractivity contribution in [2.75, 3.05) is 30.8 Å². The van der Waals surface area contributed by atoms with Crippen LogP contribution in [0.5, 0.6) is 17.2 Å². The molecule has 0 aromatic heterocycles. The standard InChI is InChI=1S/C19H22BrN3O6S/c1-4-29-16-8-6-5-7-15(16)23(30(3,26)27)12-18(24)22-21-11-13-9-14(20)19(25)17(10-13)28-2/h5-11,25H,4,12H2,1-3H3,(H,22,24)/b21-11-. The van der Waals surface area contributed by atoms with Crippen LogP contribution in [0.15, 0.2) is 46.0 Å². The van der Waals surface area contributed by atoms with Crippen molar-refractivity contribution < 1.29 is 27.8 Å². The lowest BCUT2D eigenvalue weighted by Crippen LogP contribution is -2.39. The Morgan fingerprint density at radius 3 is 2.63 bits per heavy atom. The van der Waals surface area contributed by atoms with E-state index in [9.17, 15) is 18.3 Å². The highest BCUT2D eigenvalue weighted by Crippen LogP contribution is 2.34. The smallest absolute Gasteiger partial charge is 0.260 e. The van der Waals surface area contributed by atoms with Gasteiger partial charge in [-0.3, -0.25) is 9.10 Å². The van der Waals surface area contributed by atoms with Gasteiger partial charge in [-0.2, -0.15) is 5.10 Å². The van der Waals surface area contributed by atoms with Crippen LogP contribution >= 0.6 is 15.9 Å². The molecule has 11 heteroatoms. The summed E-state index contributed by atoms with van der Waals surface area (Å²) in [5.74, 6) is -0.126. The predicted molar refractivity (Wildman–Crippen MR) is 118 cm³/mol. The maximum Gasteiger partial charge on any atom is 0.260 e. The number of phenols is 1. The third-order valence-electron chi connectivity index (χ3n) is 3.79. The lowest BCUT2D eigenvalue weighted by atomic mass is 10.2. The predicted octanol–water partition coefficient (Wildman–Crippen LogP) is 2.48. The molecule has 0 saturated heterocycles. The van der Waals surface area contributed by atoms with Gasteiger partial charge in [-0.05, 0) is 52.7 Å². The molecular weight excluding hydrogens is 478 g/mol. The number of hydrogen-bond donors (Lipinski definition) is 2. The fraction of sp³-hybridized carbons (Fsp3) is 0.263. The molecule has 0 radical (unpaired) electrons. The fourth-order valence-corrected chi connectivity index (χ4v) is 3.81. The van der Waals surface area contributed by atoms with Crippen LogP contribution in [0.2, 0.25) is 0 Å². The van der Waals surface area contributed by atoms with E-state index in [-0.39, 0.29) is 17.2 Å². The number of sulfonamides is 1. The summed E-state index contributed by atoms with van der Waals surface area (Å²) in [6.07, 6.45) is 2.34. The van der Waals surface area contributed by atoms with Crippen molar-refractivity contribution in [3.8, 4) is 17.2 Å². The number of methoxy groups -OCH3 is 1. The Labute approximate surface area is 183 Å². The second kappa shape index (κ2) is 10.3. The molecule has 0 atom stereocenters. The van der Waals surface area contributed by atoms with Gasteiger partial charge in [-0.1, -0.05) is 12.1 Å². The fourth-order valence-electron chi connectivity index (χ4n) is 2.49. The first-order valence-electron chi connectivity index (χ1n) is 8.75. The third kappa shape index (κ3) is 6.10. The van der Waals surface area contributed by atoms with Crippen molar-refractivity contribution in [1.29, 1.82) is 0 Å². The van der Waals surface area contributed by atoms with E-state index in [1.165, 1.54) is 19.4 Å². The van der Waals surface area contributed by atoms with Gasteiger partial charge in [-0.25, -0.2) is 13.8 Å². The van der Waals surface area contributed by atoms with E-state index in [2.05, 4.69) is 26.5 Å². The molecule has 2 aromatic rings. The highest BCUT2D eigenvalue weighted by Gasteiger charge is 2.23. The summed E-state index contributed by atoms with van der Waals surface area (Å²) in [7, 11) is -2.35. The molecule has 1 amide bonds. The zero-order valence-corrected chi connectivity index (χ0v) is 19.0. The number of aromatic hydroxyl groups is 1. The molecule has 2 rings (SSSR count). The molecule has 0 unspecified atom stereocenters. The van der Waals surface area contributed by atoms with Crippen molar-refractivity contribution >= 4 is 43.8 Å². The lowest BCUT2D eigenvalue weighted by Gasteiger charge is -2.23. The molecule has 0 aliphatic carbocycles. The molecule has 2 N–H and O–H groups in total. The van der Waals surface area contributed by atoms with Gasteiger partial charge < -0.3 is 14.6 Å². The highest BCUT2D eigenvalue weighted by atomic mass is 79.9. The van der Waals surface area contributed by atoms with E-state index in [0.717, 1.165) is 10.6 Å². The Hall–Kier alpha value is -2.79. The van der Waals surface area contributed by atoms with Crippen LogP contribution in [0.1, 0.15) is 12.5 Å². The number of para-hydroxylation sites is 2. The number of hydrazone groups is 1. The number of ether oxygens (including phenoxy) is 2. The quantitative estimate of drug-likeness (QED) is 0.404. The van der Waals surface area contributed by atoms with E-state index in [4.69, 9.17) is 9.47 Å². The minimum atomic E-state index is -3.76. The lowest BCUT2D eigenvalue weighted by molar-refractivity contribution is -0.119. The second-order valence-corrected chi connectivity index (χ2v) is 8.78. The van der Waals surface area contributed by atoms with E-state index < -0.39 is 22.5 Å². The van der Waals surface area contributed by atoms with Gasteiger partial charge in [0, 0.05) is 0 Å². The van der Waals surface area contributed by atoms with Crippen molar-refractivity contribution in [3.05, 3.63) is 46.4 Å². The van der Waals surface area contributed by atoms with Crippen LogP contribution in [0, 0.1) is 0 Å². The number of carbonyl (C=O) groups excluding carboxylic acids is 1. The normalized spacial score (nSPS) is 11.3. The topological polar surface area (TPSA) is 118 Å². The van der Waals surface area contributed by atoms with Crippen molar-refractivity contribution in [2.45, 2.75) is 6.92 Å². The van der Waals surface area contributed by atoms with Crippen LogP contribution < -0.4 is 19.2 Å². The Morgan fingerprint density at radius 2 is 2.00 bits per heavy atom. The van der Waals surface area contributed by atoms with E-state index in [1.54, 1.807) is 37.3 Å². The number of halogens is 1. The summed E-state index contributed by atoms with van der Waals surface area (Å²) in [5, 5.41) is 13.7. The molecule has 0 saturated carbocycles. The molecule has 0 bridgehead atoms. The number of phenolic OH excluding ortho intramolecular Hbond substituents is 1. The van der Waals surface area contributed by atoms with Crippen molar-refractivity contribution in [2.24, 2.45) is 5.10 Å². The maximum atomic E-state index is 12.3. The number of amides is 1. The summed E-state index contributed by atoms with van der Waals surface area (Å²) < 4.78 is 36.4. The number of hydrogen-bond acceptors (Lipinski definition) is 7. The first-order chi connectivity index (χ1) is 14.2. The molecule has 0 aliphatic heterocycles. The Bertz CT molecular complexity index is 1040. The summed E-state index contributed by atoms with van der Waals surface area (Å²) in [6.45, 7) is 1.64. The third-order valence-corrected chi connectivity index (χ3v) is 5.53. The summed E-state index contributed by atoms with van der Waals surface area (Å²) in [5.41, 5.74) is 3.09. The Kier molecular flexibility index (Phi) is 8.07. The molecule has 162 valence electrons. The number of nitrogens with one attached hydrogen (secondary N) is 1. The van der Waals surface area contributed by atoms with Gasteiger partial charge in [0.05, 0.1) is 36.3 Å². The minimum Gasteiger partial charge on any atom is -0.503 e. The van der Waals surface area contributed by atoms with Crippen LogP contribution in [-0.2, 0) is 14.8 Å². The van der Waals surface area contributed by atoms with Crippen LogP contribution in [0.25, 0.3) is 0 Å². The molecular formula is C19H22BrN3O6S. The number of rotatable bonds is 9. The Balaban J connectivity index is 2.17. The zero-order chi connectivity index (χ0) is 22.3. The maximum absolute atomic E-state index is 12.3.